The SMILES string of the molecule is C1CC1.CCC(Cn1cnc2cc(F)ccc21)C1CNC(=O)C1. The molecule has 2 unspecified atom stereocenters. The first-order valence-electron chi connectivity index (χ1n) is 8.54. The normalized spacial score (nSPS) is 20.8. The summed E-state index contributed by atoms with van der Waals surface area (Å²) in [5, 5.41) is 2.90. The van der Waals surface area contributed by atoms with Crippen LogP contribution in [0.3, 0.4) is 0 Å². The lowest BCUT2D eigenvalue weighted by molar-refractivity contribution is -0.119. The smallest absolute Gasteiger partial charge is 0.220 e. The van der Waals surface area contributed by atoms with Gasteiger partial charge in [0.2, 0.25) is 5.91 Å². The Morgan fingerprint density at radius 2 is 2.17 bits per heavy atom. The van der Waals surface area contributed by atoms with Crippen LogP contribution in [0.25, 0.3) is 11.0 Å². The quantitative estimate of drug-likeness (QED) is 0.938. The van der Waals surface area contributed by atoms with Gasteiger partial charge in [-0.3, -0.25) is 4.79 Å². The van der Waals surface area contributed by atoms with Crippen LogP contribution in [0.1, 0.15) is 39.0 Å². The summed E-state index contributed by atoms with van der Waals surface area (Å²) in [5.41, 5.74) is 1.63. The van der Waals surface area contributed by atoms with Crippen molar-refractivity contribution in [2.45, 2.75) is 45.6 Å². The molecule has 23 heavy (non-hydrogen) atoms. The summed E-state index contributed by atoms with van der Waals surface area (Å²) in [6, 6.07) is 4.68. The topological polar surface area (TPSA) is 46.9 Å². The van der Waals surface area contributed by atoms with E-state index in [1.54, 1.807) is 12.4 Å². The molecule has 0 radical (unpaired) electrons. The summed E-state index contributed by atoms with van der Waals surface area (Å²) in [7, 11) is 0. The molecule has 1 N–H and O–H groups in total. The third-order valence-corrected chi connectivity index (χ3v) is 4.57. The number of hydrogen-bond donors (Lipinski definition) is 1. The molecule has 1 amide bonds. The van der Waals surface area contributed by atoms with Gasteiger partial charge in [-0.15, -0.1) is 0 Å². The number of rotatable bonds is 4. The second-order valence-electron chi connectivity index (χ2n) is 6.53. The van der Waals surface area contributed by atoms with Gasteiger partial charge in [0.25, 0.3) is 0 Å². The number of aromatic nitrogens is 2. The van der Waals surface area contributed by atoms with E-state index in [1.165, 1.54) is 31.4 Å². The van der Waals surface area contributed by atoms with Crippen LogP contribution in [-0.4, -0.2) is 22.0 Å². The van der Waals surface area contributed by atoms with Crippen molar-refractivity contribution in [1.29, 1.82) is 0 Å². The zero-order valence-corrected chi connectivity index (χ0v) is 13.6. The second-order valence-corrected chi connectivity index (χ2v) is 6.53. The molecule has 2 aliphatic rings. The van der Waals surface area contributed by atoms with Crippen molar-refractivity contribution in [2.75, 3.05) is 6.54 Å². The number of fused-ring (bicyclic) bond motifs is 1. The minimum absolute atomic E-state index is 0.144. The highest BCUT2D eigenvalue weighted by Crippen LogP contribution is 2.26. The van der Waals surface area contributed by atoms with E-state index >= 15 is 0 Å². The molecule has 1 aromatic heterocycles. The van der Waals surface area contributed by atoms with E-state index in [0.717, 1.165) is 25.0 Å². The minimum atomic E-state index is -0.264. The van der Waals surface area contributed by atoms with E-state index in [-0.39, 0.29) is 11.7 Å². The Labute approximate surface area is 136 Å². The molecule has 4 rings (SSSR count). The van der Waals surface area contributed by atoms with Gasteiger partial charge in [-0.25, -0.2) is 9.37 Å². The molecule has 2 aromatic rings. The van der Waals surface area contributed by atoms with E-state index < -0.39 is 0 Å². The highest BCUT2D eigenvalue weighted by molar-refractivity contribution is 5.78. The van der Waals surface area contributed by atoms with E-state index in [9.17, 15) is 9.18 Å². The Kier molecular flexibility index (Phi) is 4.94. The molecule has 2 atom stereocenters. The third-order valence-electron chi connectivity index (χ3n) is 4.57. The fraction of sp³-hybridized carbons (Fsp3) is 0.556. The molecule has 1 aliphatic carbocycles. The van der Waals surface area contributed by atoms with Gasteiger partial charge in [0.1, 0.15) is 5.82 Å². The van der Waals surface area contributed by atoms with Gasteiger partial charge >= 0.3 is 0 Å². The number of benzene rings is 1. The molecule has 0 bridgehead atoms. The number of halogens is 1. The van der Waals surface area contributed by atoms with Crippen molar-refractivity contribution in [3.8, 4) is 0 Å². The van der Waals surface area contributed by atoms with Gasteiger partial charge in [-0.1, -0.05) is 32.6 Å². The maximum atomic E-state index is 13.2. The number of carbonyl (C=O) groups is 1. The van der Waals surface area contributed by atoms with Crippen LogP contribution in [0, 0.1) is 17.7 Å². The van der Waals surface area contributed by atoms with E-state index in [1.807, 2.05) is 0 Å². The first kappa shape index (κ1) is 16.0. The van der Waals surface area contributed by atoms with Crippen LogP contribution >= 0.6 is 0 Å². The highest BCUT2D eigenvalue weighted by Gasteiger charge is 2.28. The van der Waals surface area contributed by atoms with Crippen LogP contribution in [0.4, 0.5) is 4.39 Å². The summed E-state index contributed by atoms with van der Waals surface area (Å²) in [6.45, 7) is 3.73. The Morgan fingerprint density at radius 1 is 1.39 bits per heavy atom. The molecule has 1 aliphatic heterocycles. The zero-order valence-electron chi connectivity index (χ0n) is 13.6. The third kappa shape index (κ3) is 4.09. The number of amides is 1. The molecule has 4 nitrogen and oxygen atoms in total. The molecule has 1 aromatic carbocycles. The summed E-state index contributed by atoms with van der Waals surface area (Å²) in [4.78, 5) is 15.6. The largest absolute Gasteiger partial charge is 0.356 e. The number of imidazole rings is 1. The number of nitrogens with one attached hydrogen (secondary N) is 1. The predicted octanol–water partition coefficient (Wildman–Crippen LogP) is 3.51. The number of carbonyl (C=O) groups excluding carboxylic acids is 1. The Balaban J connectivity index is 0.000000468. The average Bonchev–Trinajstić information content (AvgIpc) is 3.29. The van der Waals surface area contributed by atoms with Crippen molar-refractivity contribution in [1.82, 2.24) is 14.9 Å². The Hall–Kier alpha value is -1.91. The molecule has 1 saturated heterocycles. The molecule has 5 heteroatoms. The van der Waals surface area contributed by atoms with Crippen LogP contribution in [0.15, 0.2) is 24.5 Å². The van der Waals surface area contributed by atoms with E-state index in [4.69, 9.17) is 0 Å². The van der Waals surface area contributed by atoms with Crippen LogP contribution in [0.2, 0.25) is 0 Å². The minimum Gasteiger partial charge on any atom is -0.356 e. The van der Waals surface area contributed by atoms with Gasteiger partial charge < -0.3 is 9.88 Å². The highest BCUT2D eigenvalue weighted by atomic mass is 19.1. The molecule has 1 saturated carbocycles. The van der Waals surface area contributed by atoms with Gasteiger partial charge in [-0.2, -0.15) is 0 Å². The molecule has 2 heterocycles. The maximum Gasteiger partial charge on any atom is 0.220 e. The fourth-order valence-electron chi connectivity index (χ4n) is 3.01. The molecule has 0 spiro atoms. The van der Waals surface area contributed by atoms with Crippen LogP contribution in [0.5, 0.6) is 0 Å². The monoisotopic (exact) mass is 317 g/mol. The van der Waals surface area contributed by atoms with E-state index in [2.05, 4.69) is 21.8 Å². The van der Waals surface area contributed by atoms with Crippen molar-refractivity contribution in [3.05, 3.63) is 30.3 Å². The van der Waals surface area contributed by atoms with Crippen molar-refractivity contribution in [2.24, 2.45) is 11.8 Å². The zero-order chi connectivity index (χ0) is 16.2. The Bertz CT molecular complexity index is 677. The Morgan fingerprint density at radius 3 is 2.78 bits per heavy atom. The molecular formula is C18H24FN3O. The summed E-state index contributed by atoms with van der Waals surface area (Å²) < 4.78 is 15.2. The number of nitrogens with zero attached hydrogens (tertiary/aromatic N) is 2. The first-order chi connectivity index (χ1) is 11.2. The van der Waals surface area contributed by atoms with E-state index in [0.29, 0.717) is 23.8 Å². The number of hydrogen-bond acceptors (Lipinski definition) is 2. The summed E-state index contributed by atoms with van der Waals surface area (Å²) in [5.74, 6) is 0.688. The molecular weight excluding hydrogens is 293 g/mol. The van der Waals surface area contributed by atoms with Gasteiger partial charge in [0, 0.05) is 25.6 Å². The lowest BCUT2D eigenvalue weighted by Crippen LogP contribution is -2.22. The lowest BCUT2D eigenvalue weighted by Gasteiger charge is -2.21. The first-order valence-corrected chi connectivity index (χ1v) is 8.54. The van der Waals surface area contributed by atoms with Crippen LogP contribution in [-0.2, 0) is 11.3 Å². The second kappa shape index (κ2) is 7.11. The van der Waals surface area contributed by atoms with Crippen molar-refractivity contribution < 1.29 is 9.18 Å². The summed E-state index contributed by atoms with van der Waals surface area (Å²) >= 11 is 0. The lowest BCUT2D eigenvalue weighted by atomic mass is 9.89. The van der Waals surface area contributed by atoms with Crippen molar-refractivity contribution >= 4 is 16.9 Å². The van der Waals surface area contributed by atoms with Gasteiger partial charge in [0.15, 0.2) is 0 Å². The molecule has 2 fully saturated rings. The molecule has 124 valence electrons. The predicted molar refractivity (Wildman–Crippen MR) is 88.4 cm³/mol. The average molecular weight is 317 g/mol. The van der Waals surface area contributed by atoms with Crippen LogP contribution < -0.4 is 5.32 Å². The van der Waals surface area contributed by atoms with Crippen molar-refractivity contribution in [3.63, 3.8) is 0 Å². The van der Waals surface area contributed by atoms with Gasteiger partial charge in [0.05, 0.1) is 17.4 Å². The van der Waals surface area contributed by atoms with Gasteiger partial charge in [-0.05, 0) is 24.0 Å². The summed E-state index contributed by atoms with van der Waals surface area (Å²) in [6.07, 6.45) is 7.89. The maximum absolute atomic E-state index is 13.2. The fourth-order valence-corrected chi connectivity index (χ4v) is 3.01. The standard InChI is InChI=1S/C15H18FN3O.C3H6/c1-2-10(11-5-15(20)17-7-11)8-19-9-18-13-6-12(16)3-4-14(13)19;1-2-3-1/h3-4,6,9-11H,2,5,7-8H2,1H3,(H,17,20);1-3H2.